The number of thiophene rings is 1. The van der Waals surface area contributed by atoms with E-state index in [0.717, 1.165) is 17.7 Å². The molecule has 0 saturated carbocycles. The molecule has 2 fully saturated rings. The van der Waals surface area contributed by atoms with Crippen LogP contribution in [0, 0.1) is 0 Å². The van der Waals surface area contributed by atoms with Crippen LogP contribution in [0.15, 0.2) is 17.2 Å². The molecule has 0 aromatic carbocycles. The van der Waals surface area contributed by atoms with Gasteiger partial charge in [-0.2, -0.15) is 0 Å². The Morgan fingerprint density at radius 3 is 2.76 bits per heavy atom. The quantitative estimate of drug-likeness (QED) is 0.488. The highest BCUT2D eigenvalue weighted by atomic mass is 32.1. The molecule has 7 nitrogen and oxygen atoms in total. The summed E-state index contributed by atoms with van der Waals surface area (Å²) < 4.78 is 11.3. The van der Waals surface area contributed by atoms with Gasteiger partial charge in [-0.1, -0.05) is 5.11 Å². The van der Waals surface area contributed by atoms with Crippen LogP contribution in [0.1, 0.15) is 27.4 Å². The van der Waals surface area contributed by atoms with Crippen molar-refractivity contribution in [3.05, 3.63) is 32.3 Å². The Balaban J connectivity index is 1.61. The lowest BCUT2D eigenvalue weighted by Gasteiger charge is -2.37. The Kier molecular flexibility index (Phi) is 4.12. The summed E-state index contributed by atoms with van der Waals surface area (Å²) in [5.74, 6) is -0.432. The van der Waals surface area contributed by atoms with Gasteiger partial charge in [0.05, 0.1) is 24.6 Å². The first-order valence-electron chi connectivity index (χ1n) is 6.89. The normalized spacial score (nSPS) is 20.5. The predicted molar refractivity (Wildman–Crippen MR) is 76.9 cm³/mol. The number of likely N-dealkylation sites (tertiary alicyclic amines) is 1. The molecule has 0 atom stereocenters. The van der Waals surface area contributed by atoms with E-state index in [1.54, 1.807) is 6.07 Å². The number of carbonyl (C=O) groups is 1. The lowest BCUT2D eigenvalue weighted by atomic mass is 10.0. The minimum absolute atomic E-state index is 0.0278. The van der Waals surface area contributed by atoms with Crippen molar-refractivity contribution >= 4 is 17.2 Å². The fourth-order valence-corrected chi connectivity index (χ4v) is 3.56. The summed E-state index contributed by atoms with van der Waals surface area (Å²) in [6, 6.07) is 3.63. The van der Waals surface area contributed by atoms with Crippen molar-refractivity contribution in [2.45, 2.75) is 25.2 Å². The summed E-state index contributed by atoms with van der Waals surface area (Å²) in [5, 5.41) is 3.51. The molecule has 0 bridgehead atoms. The molecule has 8 heteroatoms. The van der Waals surface area contributed by atoms with Gasteiger partial charge in [0.25, 0.3) is 5.91 Å². The second kappa shape index (κ2) is 6.03. The highest BCUT2D eigenvalue weighted by molar-refractivity contribution is 7.14. The molecule has 3 heterocycles. The largest absolute Gasteiger partial charge is 0.347 e. The van der Waals surface area contributed by atoms with Crippen LogP contribution in [0.2, 0.25) is 0 Å². The lowest BCUT2D eigenvalue weighted by Crippen LogP contribution is -2.47. The number of carbonyl (C=O) groups excluding carboxylic acids is 1. The molecule has 1 aromatic heterocycles. The Bertz CT molecular complexity index is 566. The molecule has 2 aliphatic heterocycles. The van der Waals surface area contributed by atoms with E-state index >= 15 is 0 Å². The van der Waals surface area contributed by atoms with Gasteiger partial charge in [0.15, 0.2) is 5.79 Å². The standard InChI is InChI=1S/C13H16N4O3S/c14-16-15-9-10-1-2-11(21-10)12(18)17-5-3-13(4-6-17)19-7-8-20-13/h1-2H,3-9H2. The molecule has 0 aliphatic carbocycles. The molecule has 0 radical (unpaired) electrons. The van der Waals surface area contributed by atoms with E-state index in [-0.39, 0.29) is 5.91 Å². The van der Waals surface area contributed by atoms with Gasteiger partial charge in [0.2, 0.25) is 0 Å². The van der Waals surface area contributed by atoms with Gasteiger partial charge in [0.1, 0.15) is 0 Å². The van der Waals surface area contributed by atoms with Crippen molar-refractivity contribution in [2.75, 3.05) is 26.3 Å². The van der Waals surface area contributed by atoms with E-state index in [0.29, 0.717) is 37.7 Å². The summed E-state index contributed by atoms with van der Waals surface area (Å²) >= 11 is 1.38. The summed E-state index contributed by atoms with van der Waals surface area (Å²) in [5.41, 5.74) is 8.31. The average molecular weight is 308 g/mol. The predicted octanol–water partition coefficient (Wildman–Crippen LogP) is 2.54. The topological polar surface area (TPSA) is 87.5 Å². The molecular weight excluding hydrogens is 292 g/mol. The zero-order valence-corrected chi connectivity index (χ0v) is 12.3. The molecule has 2 saturated heterocycles. The Labute approximate surface area is 126 Å². The van der Waals surface area contributed by atoms with Crippen molar-refractivity contribution in [2.24, 2.45) is 5.11 Å². The first-order valence-corrected chi connectivity index (χ1v) is 7.71. The summed E-state index contributed by atoms with van der Waals surface area (Å²) in [6.45, 7) is 2.85. The lowest BCUT2D eigenvalue weighted by molar-refractivity contribution is -0.181. The highest BCUT2D eigenvalue weighted by Gasteiger charge is 2.40. The first-order chi connectivity index (χ1) is 10.2. The van der Waals surface area contributed by atoms with Gasteiger partial charge in [-0.3, -0.25) is 4.79 Å². The molecule has 21 heavy (non-hydrogen) atoms. The minimum atomic E-state index is -0.459. The maximum Gasteiger partial charge on any atom is 0.263 e. The Morgan fingerprint density at radius 1 is 1.38 bits per heavy atom. The Hall–Kier alpha value is -1.60. The number of amides is 1. The van der Waals surface area contributed by atoms with E-state index in [2.05, 4.69) is 10.0 Å². The maximum atomic E-state index is 12.4. The van der Waals surface area contributed by atoms with Crippen LogP contribution in [-0.2, 0) is 16.0 Å². The molecule has 0 unspecified atom stereocenters. The SMILES string of the molecule is [N-]=[N+]=NCc1ccc(C(=O)N2CCC3(CC2)OCCO3)s1. The van der Waals surface area contributed by atoms with E-state index in [4.69, 9.17) is 15.0 Å². The third-order valence-corrected chi connectivity index (χ3v) is 4.85. The van der Waals surface area contributed by atoms with E-state index in [1.165, 1.54) is 11.3 Å². The summed E-state index contributed by atoms with van der Waals surface area (Å²) in [6.07, 6.45) is 1.44. The number of hydrogen-bond donors (Lipinski definition) is 0. The zero-order valence-electron chi connectivity index (χ0n) is 11.5. The minimum Gasteiger partial charge on any atom is -0.347 e. The Morgan fingerprint density at radius 2 is 2.10 bits per heavy atom. The number of rotatable bonds is 3. The van der Waals surface area contributed by atoms with Gasteiger partial charge < -0.3 is 14.4 Å². The van der Waals surface area contributed by atoms with E-state index in [9.17, 15) is 4.79 Å². The van der Waals surface area contributed by atoms with Crippen LogP contribution in [0.25, 0.3) is 10.4 Å². The van der Waals surface area contributed by atoms with Gasteiger partial charge in [0, 0.05) is 35.7 Å². The third-order valence-electron chi connectivity index (χ3n) is 3.79. The molecule has 1 aromatic rings. The molecule has 2 aliphatic rings. The highest BCUT2D eigenvalue weighted by Crippen LogP contribution is 2.32. The molecule has 3 rings (SSSR count). The van der Waals surface area contributed by atoms with Crippen molar-refractivity contribution < 1.29 is 14.3 Å². The second-order valence-corrected chi connectivity index (χ2v) is 6.22. The average Bonchev–Trinajstić information content (AvgIpc) is 3.15. The number of azide groups is 1. The van der Waals surface area contributed by atoms with Crippen LogP contribution < -0.4 is 0 Å². The summed E-state index contributed by atoms with van der Waals surface area (Å²) in [4.78, 5) is 18.6. The van der Waals surface area contributed by atoms with Gasteiger partial charge >= 0.3 is 0 Å². The van der Waals surface area contributed by atoms with Crippen molar-refractivity contribution in [1.82, 2.24) is 4.90 Å². The maximum absolute atomic E-state index is 12.4. The second-order valence-electron chi connectivity index (χ2n) is 5.05. The monoisotopic (exact) mass is 308 g/mol. The fraction of sp³-hybridized carbons (Fsp3) is 0.615. The van der Waals surface area contributed by atoms with Crippen LogP contribution in [0.5, 0.6) is 0 Å². The van der Waals surface area contributed by atoms with Crippen LogP contribution >= 0.6 is 11.3 Å². The molecule has 112 valence electrons. The zero-order chi connectivity index (χ0) is 14.7. The van der Waals surface area contributed by atoms with Gasteiger partial charge in [-0.05, 0) is 17.7 Å². The van der Waals surface area contributed by atoms with Crippen molar-refractivity contribution in [3.8, 4) is 0 Å². The van der Waals surface area contributed by atoms with Crippen molar-refractivity contribution in [3.63, 3.8) is 0 Å². The molecular formula is C13H16N4O3S. The fourth-order valence-electron chi connectivity index (χ4n) is 2.67. The van der Waals surface area contributed by atoms with E-state index < -0.39 is 5.79 Å². The smallest absolute Gasteiger partial charge is 0.263 e. The van der Waals surface area contributed by atoms with Crippen LogP contribution in [0.4, 0.5) is 0 Å². The van der Waals surface area contributed by atoms with Crippen LogP contribution in [0.3, 0.4) is 0 Å². The number of nitrogens with zero attached hydrogens (tertiary/aromatic N) is 4. The number of piperidine rings is 1. The van der Waals surface area contributed by atoms with E-state index in [1.807, 2.05) is 11.0 Å². The first kappa shape index (κ1) is 14.3. The summed E-state index contributed by atoms with van der Waals surface area (Å²) in [7, 11) is 0. The van der Waals surface area contributed by atoms with Crippen LogP contribution in [-0.4, -0.2) is 42.9 Å². The van der Waals surface area contributed by atoms with Gasteiger partial charge in [-0.15, -0.1) is 11.3 Å². The molecule has 1 spiro atoms. The molecule has 1 amide bonds. The third kappa shape index (κ3) is 3.03. The van der Waals surface area contributed by atoms with Gasteiger partial charge in [-0.25, -0.2) is 0 Å². The molecule has 0 N–H and O–H groups in total. The van der Waals surface area contributed by atoms with Crippen molar-refractivity contribution in [1.29, 1.82) is 0 Å². The number of ether oxygens (including phenoxy) is 2. The number of hydrogen-bond acceptors (Lipinski definition) is 5.